The molecule has 0 radical (unpaired) electrons. The standard InChI is InChI=1S/C27H22F6N6O2S/c1-38-20(14-7-5-4-6-8-14)16(19-22(38)36-25(42-3)37-23(19)41-2)9-10-18(40)39-12-11-15-17(13-39)34-24(27(31,32)33)35-21(15)26(28,29)30/h4-10H,11-13H2,1-3H3/b10-9+. The monoisotopic (exact) mass is 608 g/mol. The second-order valence-electron chi connectivity index (χ2n) is 9.27. The van der Waals surface area contributed by atoms with Gasteiger partial charge in [0.15, 0.2) is 10.9 Å². The highest BCUT2D eigenvalue weighted by molar-refractivity contribution is 7.98. The Bertz CT molecular complexity index is 1700. The molecule has 1 amide bonds. The van der Waals surface area contributed by atoms with Crippen LogP contribution in [0.5, 0.6) is 5.88 Å². The molecule has 5 rings (SSSR count). The molecular weight excluding hydrogens is 586 g/mol. The first-order chi connectivity index (χ1) is 19.8. The fourth-order valence-corrected chi connectivity index (χ4v) is 5.23. The third-order valence-electron chi connectivity index (χ3n) is 6.73. The van der Waals surface area contributed by atoms with E-state index >= 15 is 0 Å². The molecule has 0 atom stereocenters. The van der Waals surface area contributed by atoms with E-state index in [9.17, 15) is 31.1 Å². The number of halogens is 6. The molecule has 0 spiro atoms. The van der Waals surface area contributed by atoms with Gasteiger partial charge in [-0.25, -0.2) is 15.0 Å². The Hall–Kier alpha value is -4.14. The highest BCUT2D eigenvalue weighted by Gasteiger charge is 2.43. The van der Waals surface area contributed by atoms with Gasteiger partial charge in [0.25, 0.3) is 0 Å². The van der Waals surface area contributed by atoms with Gasteiger partial charge in [-0.2, -0.15) is 31.3 Å². The Kier molecular flexibility index (Phi) is 7.64. The van der Waals surface area contributed by atoms with Crippen molar-refractivity contribution in [3.8, 4) is 17.1 Å². The Morgan fingerprint density at radius 3 is 2.36 bits per heavy atom. The number of carbonyl (C=O) groups is 1. The molecule has 8 nitrogen and oxygen atoms in total. The number of hydrogen-bond donors (Lipinski definition) is 0. The number of hydrogen-bond acceptors (Lipinski definition) is 7. The van der Waals surface area contributed by atoms with E-state index in [0.717, 1.165) is 10.5 Å². The molecule has 1 aliphatic heterocycles. The van der Waals surface area contributed by atoms with Crippen LogP contribution in [0.4, 0.5) is 26.3 Å². The molecular formula is C27H22F6N6O2S. The molecule has 15 heteroatoms. The topological polar surface area (TPSA) is 86.0 Å². The van der Waals surface area contributed by atoms with Crippen LogP contribution < -0.4 is 4.74 Å². The molecule has 1 aromatic carbocycles. The number of amides is 1. The zero-order valence-corrected chi connectivity index (χ0v) is 23.2. The Morgan fingerprint density at radius 1 is 1.02 bits per heavy atom. The molecule has 0 aliphatic carbocycles. The van der Waals surface area contributed by atoms with Crippen LogP contribution in [0.2, 0.25) is 0 Å². The Balaban J connectivity index is 1.56. The van der Waals surface area contributed by atoms with Crippen LogP contribution >= 0.6 is 11.8 Å². The van der Waals surface area contributed by atoms with Gasteiger partial charge in [-0.15, -0.1) is 0 Å². The minimum absolute atomic E-state index is 0.168. The second-order valence-corrected chi connectivity index (χ2v) is 10.0. The van der Waals surface area contributed by atoms with E-state index in [4.69, 9.17) is 4.74 Å². The molecule has 0 unspecified atom stereocenters. The molecule has 0 saturated heterocycles. The average Bonchev–Trinajstić information content (AvgIpc) is 3.24. The van der Waals surface area contributed by atoms with Gasteiger partial charge in [0.05, 0.1) is 30.4 Å². The highest BCUT2D eigenvalue weighted by atomic mass is 32.2. The largest absolute Gasteiger partial charge is 0.480 e. The number of ether oxygens (including phenoxy) is 1. The maximum Gasteiger partial charge on any atom is 0.451 e. The van der Waals surface area contributed by atoms with Crippen LogP contribution in [-0.2, 0) is 37.2 Å². The number of nitrogens with zero attached hydrogens (tertiary/aromatic N) is 6. The predicted molar refractivity (Wildman–Crippen MR) is 142 cm³/mol. The van der Waals surface area contributed by atoms with Gasteiger partial charge in [-0.3, -0.25) is 4.79 Å². The number of fused-ring (bicyclic) bond motifs is 2. The molecule has 1 aliphatic rings. The average molecular weight is 609 g/mol. The first kappa shape index (κ1) is 29.4. The van der Waals surface area contributed by atoms with Gasteiger partial charge >= 0.3 is 12.4 Å². The number of methoxy groups -OCH3 is 1. The molecule has 3 aromatic heterocycles. The first-order valence-electron chi connectivity index (χ1n) is 12.4. The summed E-state index contributed by atoms with van der Waals surface area (Å²) in [5.74, 6) is -2.26. The third-order valence-corrected chi connectivity index (χ3v) is 7.28. The minimum Gasteiger partial charge on any atom is -0.480 e. The fourth-order valence-electron chi connectivity index (χ4n) is 4.88. The van der Waals surface area contributed by atoms with Crippen molar-refractivity contribution in [1.29, 1.82) is 0 Å². The zero-order chi connectivity index (χ0) is 30.4. The smallest absolute Gasteiger partial charge is 0.451 e. The van der Waals surface area contributed by atoms with Gasteiger partial charge in [0.1, 0.15) is 5.65 Å². The van der Waals surface area contributed by atoms with Crippen molar-refractivity contribution < 1.29 is 35.9 Å². The van der Waals surface area contributed by atoms with Crippen LogP contribution in [0.25, 0.3) is 28.4 Å². The van der Waals surface area contributed by atoms with Gasteiger partial charge in [0.2, 0.25) is 17.6 Å². The van der Waals surface area contributed by atoms with Crippen molar-refractivity contribution in [3.63, 3.8) is 0 Å². The predicted octanol–water partition coefficient (Wildman–Crippen LogP) is 5.79. The van der Waals surface area contributed by atoms with Crippen LogP contribution in [0.3, 0.4) is 0 Å². The van der Waals surface area contributed by atoms with Crippen LogP contribution in [0, 0.1) is 0 Å². The number of rotatable bonds is 5. The SMILES string of the molecule is COc1nc(SC)nc2c1c(/C=C/C(=O)N1CCc3c(nc(C(F)(F)F)nc3C(F)(F)F)C1)c(-c1ccccc1)n2C. The molecule has 42 heavy (non-hydrogen) atoms. The van der Waals surface area contributed by atoms with Crippen molar-refractivity contribution >= 4 is 34.8 Å². The van der Waals surface area contributed by atoms with Crippen molar-refractivity contribution in [2.24, 2.45) is 7.05 Å². The summed E-state index contributed by atoms with van der Waals surface area (Å²) in [6.45, 7) is -0.712. The lowest BCUT2D eigenvalue weighted by Crippen LogP contribution is -2.37. The highest BCUT2D eigenvalue weighted by Crippen LogP contribution is 2.39. The summed E-state index contributed by atoms with van der Waals surface area (Å²) < 4.78 is 87.9. The van der Waals surface area contributed by atoms with E-state index in [1.807, 2.05) is 41.2 Å². The number of thioether (sulfide) groups is 1. The molecule has 0 saturated carbocycles. The van der Waals surface area contributed by atoms with Crippen LogP contribution in [0.1, 0.15) is 28.3 Å². The summed E-state index contributed by atoms with van der Waals surface area (Å²) in [4.78, 5) is 29.6. The summed E-state index contributed by atoms with van der Waals surface area (Å²) >= 11 is 1.32. The van der Waals surface area contributed by atoms with Crippen LogP contribution in [-0.4, -0.2) is 55.2 Å². The van der Waals surface area contributed by atoms with E-state index in [2.05, 4.69) is 19.9 Å². The van der Waals surface area contributed by atoms with Crippen molar-refractivity contribution in [2.75, 3.05) is 19.9 Å². The van der Waals surface area contributed by atoms with Gasteiger partial charge in [-0.05, 0) is 24.3 Å². The summed E-state index contributed by atoms with van der Waals surface area (Å²) in [7, 11) is 3.26. The molecule has 4 heterocycles. The second kappa shape index (κ2) is 10.9. The van der Waals surface area contributed by atoms with Gasteiger partial charge in [0, 0.05) is 30.8 Å². The van der Waals surface area contributed by atoms with E-state index in [1.54, 1.807) is 7.05 Å². The lowest BCUT2D eigenvalue weighted by Gasteiger charge is -2.29. The third kappa shape index (κ3) is 5.40. The lowest BCUT2D eigenvalue weighted by atomic mass is 10.0. The summed E-state index contributed by atoms with van der Waals surface area (Å²) in [5, 5.41) is 0.999. The Labute approximate surface area is 239 Å². The lowest BCUT2D eigenvalue weighted by molar-refractivity contribution is -0.153. The fraction of sp³-hybridized carbons (Fsp3) is 0.296. The first-order valence-corrected chi connectivity index (χ1v) is 13.6. The molecule has 0 bridgehead atoms. The number of carbonyl (C=O) groups excluding carboxylic acids is 1. The number of alkyl halides is 6. The zero-order valence-electron chi connectivity index (χ0n) is 22.3. The van der Waals surface area contributed by atoms with Crippen LogP contribution in [0.15, 0.2) is 41.6 Å². The maximum atomic E-state index is 13.6. The molecule has 4 aromatic rings. The van der Waals surface area contributed by atoms with Gasteiger partial charge in [-0.1, -0.05) is 42.1 Å². The van der Waals surface area contributed by atoms with E-state index in [0.29, 0.717) is 27.4 Å². The summed E-state index contributed by atoms with van der Waals surface area (Å²) in [6.07, 6.45) is -6.11. The van der Waals surface area contributed by atoms with Crippen molar-refractivity contribution in [1.82, 2.24) is 29.4 Å². The molecule has 0 N–H and O–H groups in total. The van der Waals surface area contributed by atoms with Crippen molar-refractivity contribution in [3.05, 3.63) is 64.7 Å². The number of aromatic nitrogens is 5. The van der Waals surface area contributed by atoms with Gasteiger partial charge < -0.3 is 14.2 Å². The molecule has 220 valence electrons. The number of aryl methyl sites for hydroxylation is 1. The molecule has 0 fully saturated rings. The van der Waals surface area contributed by atoms with E-state index < -0.39 is 47.6 Å². The minimum atomic E-state index is -5.19. The quantitative estimate of drug-likeness (QED) is 0.123. The summed E-state index contributed by atoms with van der Waals surface area (Å²) in [5.41, 5.74) is 0.0168. The summed E-state index contributed by atoms with van der Waals surface area (Å²) in [6, 6.07) is 9.29. The number of benzene rings is 1. The normalized spacial score (nSPS) is 14.1. The maximum absolute atomic E-state index is 13.6. The van der Waals surface area contributed by atoms with E-state index in [-0.39, 0.29) is 18.8 Å². The Morgan fingerprint density at radius 2 is 1.74 bits per heavy atom. The van der Waals surface area contributed by atoms with E-state index in [1.165, 1.54) is 31.0 Å². The van der Waals surface area contributed by atoms with Crippen molar-refractivity contribution in [2.45, 2.75) is 30.5 Å².